The van der Waals surface area contributed by atoms with Gasteiger partial charge in [0.05, 0.1) is 25.9 Å². The van der Waals surface area contributed by atoms with E-state index in [1.165, 1.54) is 26.8 Å². The van der Waals surface area contributed by atoms with Crippen molar-refractivity contribution >= 4 is 35.3 Å². The number of nitrogens with one attached hydrogen (secondary N) is 2. The third-order valence-electron chi connectivity index (χ3n) is 6.38. The van der Waals surface area contributed by atoms with Crippen LogP contribution >= 0.6 is 0 Å². The summed E-state index contributed by atoms with van der Waals surface area (Å²) in [6.07, 6.45) is -10.0. The van der Waals surface area contributed by atoms with Crippen LogP contribution in [0.25, 0.3) is 0 Å². The van der Waals surface area contributed by atoms with Gasteiger partial charge in [-0.25, -0.2) is 22.8 Å². The summed E-state index contributed by atoms with van der Waals surface area (Å²) in [5, 5.41) is 4.31. The van der Waals surface area contributed by atoms with E-state index in [1.807, 2.05) is 0 Å². The van der Waals surface area contributed by atoms with Crippen molar-refractivity contribution in [3.8, 4) is 0 Å². The minimum absolute atomic E-state index is 0.125. The van der Waals surface area contributed by atoms with E-state index < -0.39 is 96.4 Å². The van der Waals surface area contributed by atoms with Crippen LogP contribution in [0.1, 0.15) is 53.0 Å². The maximum atomic E-state index is 14.0. The lowest BCUT2D eigenvalue weighted by atomic mass is 9.64. The molecule has 1 aliphatic rings. The zero-order valence-corrected chi connectivity index (χ0v) is 24.6. The summed E-state index contributed by atoms with van der Waals surface area (Å²) in [7, 11) is 1.05. The molecule has 2 rings (SSSR count). The van der Waals surface area contributed by atoms with E-state index in [0.29, 0.717) is 0 Å². The molecule has 0 spiro atoms. The number of alkyl halides is 6. The van der Waals surface area contributed by atoms with Crippen molar-refractivity contribution in [2.75, 3.05) is 30.8 Å². The number of aromatic nitrogens is 1. The second-order valence-corrected chi connectivity index (χ2v) is 11.3. The SMILES string of the molecule is C=CCC(C(=O)OC)n1ccc(NC(=O)OC(C)(C)C)c(NC(=O)CN(CC(C)F)C(=O)C2(C(F)(F)F)CC(F)(F)C2)c1=O. The molecule has 0 aliphatic heterocycles. The normalized spacial score (nSPS) is 16.9. The monoisotopic (exact) mass is 640 g/mol. The highest BCUT2D eigenvalue weighted by molar-refractivity contribution is 6.00. The summed E-state index contributed by atoms with van der Waals surface area (Å²) in [5.74, 6) is -7.98. The van der Waals surface area contributed by atoms with Gasteiger partial charge < -0.3 is 19.7 Å². The average molecular weight is 641 g/mol. The number of hydrogen-bond acceptors (Lipinski definition) is 7. The standard InChI is InChI=1S/C27H34F6N4O7/c1-7-8-17(21(40)43-6)37-10-9-16(34-23(42)44-24(3,4)5)19(20(37)39)35-18(38)12-36(11-15(2)28)22(41)25(27(31,32)33)13-26(29,30)14-25/h7,9-10,15,17H,1,8,11-14H2,2-6H3,(H,34,42)(H,35,38). The van der Waals surface area contributed by atoms with Crippen molar-refractivity contribution in [2.24, 2.45) is 5.41 Å². The van der Waals surface area contributed by atoms with Gasteiger partial charge in [-0.3, -0.25) is 24.3 Å². The van der Waals surface area contributed by atoms with Crippen LogP contribution < -0.4 is 16.2 Å². The van der Waals surface area contributed by atoms with Crippen LogP contribution in [0.2, 0.25) is 0 Å². The van der Waals surface area contributed by atoms with Gasteiger partial charge in [0.1, 0.15) is 23.5 Å². The average Bonchev–Trinajstić information content (AvgIpc) is 2.84. The Morgan fingerprint density at radius 3 is 2.20 bits per heavy atom. The molecule has 0 bridgehead atoms. The van der Waals surface area contributed by atoms with Gasteiger partial charge in [0, 0.05) is 19.0 Å². The van der Waals surface area contributed by atoms with Gasteiger partial charge in [-0.2, -0.15) is 13.2 Å². The number of carbonyl (C=O) groups excluding carboxylic acids is 4. The van der Waals surface area contributed by atoms with Crippen LogP contribution in [0.5, 0.6) is 0 Å². The van der Waals surface area contributed by atoms with Gasteiger partial charge in [-0.15, -0.1) is 6.58 Å². The van der Waals surface area contributed by atoms with Crippen molar-refractivity contribution in [3.05, 3.63) is 35.3 Å². The van der Waals surface area contributed by atoms with E-state index in [0.717, 1.165) is 30.9 Å². The minimum Gasteiger partial charge on any atom is -0.467 e. The zero-order valence-electron chi connectivity index (χ0n) is 24.6. The Balaban J connectivity index is 2.53. The molecule has 246 valence electrons. The lowest BCUT2D eigenvalue weighted by Crippen LogP contribution is -2.64. The Bertz CT molecular complexity index is 1330. The molecule has 1 aromatic heterocycles. The summed E-state index contributed by atoms with van der Waals surface area (Å²) in [6, 6.07) is -0.199. The molecule has 2 atom stereocenters. The molecule has 0 aromatic carbocycles. The fourth-order valence-electron chi connectivity index (χ4n) is 4.53. The third-order valence-corrected chi connectivity index (χ3v) is 6.38. The van der Waals surface area contributed by atoms with Crippen LogP contribution in [0.15, 0.2) is 29.7 Å². The number of rotatable bonds is 11. The smallest absolute Gasteiger partial charge is 0.412 e. The molecule has 44 heavy (non-hydrogen) atoms. The Morgan fingerprint density at radius 1 is 1.16 bits per heavy atom. The Hall–Kier alpha value is -4.05. The molecule has 1 aliphatic carbocycles. The second-order valence-electron chi connectivity index (χ2n) is 11.3. The van der Waals surface area contributed by atoms with Crippen molar-refractivity contribution in [1.82, 2.24) is 9.47 Å². The van der Waals surface area contributed by atoms with Crippen LogP contribution in [-0.4, -0.2) is 77.4 Å². The number of carbonyl (C=O) groups is 4. The third kappa shape index (κ3) is 8.53. The van der Waals surface area contributed by atoms with Crippen LogP contribution in [-0.2, 0) is 23.9 Å². The number of pyridine rings is 1. The number of esters is 1. The number of ether oxygens (including phenoxy) is 2. The molecule has 0 radical (unpaired) electrons. The Kier molecular flexibility index (Phi) is 10.9. The van der Waals surface area contributed by atoms with Crippen molar-refractivity contribution in [1.29, 1.82) is 0 Å². The highest BCUT2D eigenvalue weighted by Crippen LogP contribution is 2.60. The fraction of sp³-hybridized carbons (Fsp3) is 0.593. The van der Waals surface area contributed by atoms with Gasteiger partial charge >= 0.3 is 18.2 Å². The Labute approximate surface area is 248 Å². The first-order valence-electron chi connectivity index (χ1n) is 13.2. The number of allylic oxidation sites excluding steroid dienone is 1. The maximum Gasteiger partial charge on any atom is 0.412 e. The number of methoxy groups -OCH3 is 1. The van der Waals surface area contributed by atoms with Crippen LogP contribution in [0.4, 0.5) is 42.5 Å². The number of hydrogen-bond donors (Lipinski definition) is 2. The number of anilines is 2. The molecule has 2 N–H and O–H groups in total. The molecule has 11 nitrogen and oxygen atoms in total. The van der Waals surface area contributed by atoms with Gasteiger partial charge in [0.2, 0.25) is 11.8 Å². The molecule has 17 heteroatoms. The molecule has 1 fully saturated rings. The van der Waals surface area contributed by atoms with E-state index in [4.69, 9.17) is 9.47 Å². The number of nitrogens with zero attached hydrogens (tertiary/aromatic N) is 2. The van der Waals surface area contributed by atoms with Crippen molar-refractivity contribution in [3.63, 3.8) is 0 Å². The molecule has 2 unspecified atom stereocenters. The van der Waals surface area contributed by atoms with Gasteiger partial charge in [-0.1, -0.05) is 6.08 Å². The highest BCUT2D eigenvalue weighted by atomic mass is 19.4. The Morgan fingerprint density at radius 2 is 1.75 bits per heavy atom. The first kappa shape index (κ1) is 36.1. The highest BCUT2D eigenvalue weighted by Gasteiger charge is 2.74. The van der Waals surface area contributed by atoms with Gasteiger partial charge in [-0.05, 0) is 40.2 Å². The predicted octanol–water partition coefficient (Wildman–Crippen LogP) is 4.59. The minimum atomic E-state index is -5.44. The van der Waals surface area contributed by atoms with Crippen LogP contribution in [0.3, 0.4) is 0 Å². The molecule has 1 saturated carbocycles. The molecule has 1 heterocycles. The van der Waals surface area contributed by atoms with E-state index in [1.54, 1.807) is 0 Å². The largest absolute Gasteiger partial charge is 0.467 e. The van der Waals surface area contributed by atoms with E-state index >= 15 is 0 Å². The molecule has 0 saturated heterocycles. The molecule has 3 amide bonds. The summed E-state index contributed by atoms with van der Waals surface area (Å²) in [5.41, 5.74) is -6.74. The first-order chi connectivity index (χ1) is 20.1. The summed E-state index contributed by atoms with van der Waals surface area (Å²) in [4.78, 5) is 64.5. The van der Waals surface area contributed by atoms with E-state index in [-0.39, 0.29) is 17.0 Å². The van der Waals surface area contributed by atoms with Crippen molar-refractivity contribution < 1.29 is 55.0 Å². The lowest BCUT2D eigenvalue weighted by molar-refractivity contribution is -0.299. The van der Waals surface area contributed by atoms with Gasteiger partial charge in [0.15, 0.2) is 5.41 Å². The number of amides is 3. The zero-order chi connectivity index (χ0) is 33.8. The molecular weight excluding hydrogens is 606 g/mol. The van der Waals surface area contributed by atoms with E-state index in [2.05, 4.69) is 17.2 Å². The van der Waals surface area contributed by atoms with Crippen LogP contribution in [0, 0.1) is 5.41 Å². The summed E-state index contributed by atoms with van der Waals surface area (Å²) >= 11 is 0. The van der Waals surface area contributed by atoms with Crippen molar-refractivity contribution in [2.45, 2.75) is 76.9 Å². The summed E-state index contributed by atoms with van der Waals surface area (Å²) in [6.45, 7) is 6.62. The predicted molar refractivity (Wildman–Crippen MR) is 145 cm³/mol. The first-order valence-corrected chi connectivity index (χ1v) is 13.2. The van der Waals surface area contributed by atoms with E-state index in [9.17, 15) is 50.3 Å². The quantitative estimate of drug-likeness (QED) is 0.205. The molecule has 1 aromatic rings. The molecular formula is C27H34F6N4O7. The number of halogens is 6. The second kappa shape index (κ2) is 13.3. The topological polar surface area (TPSA) is 136 Å². The van der Waals surface area contributed by atoms with Gasteiger partial charge in [0.25, 0.3) is 11.5 Å². The maximum absolute atomic E-state index is 14.0. The fourth-order valence-corrected chi connectivity index (χ4v) is 4.53. The summed E-state index contributed by atoms with van der Waals surface area (Å²) < 4.78 is 93.3. The lowest BCUT2D eigenvalue weighted by Gasteiger charge is -2.48.